The van der Waals surface area contributed by atoms with Gasteiger partial charge in [0, 0.05) is 26.4 Å². The molecule has 1 aliphatic rings. The second kappa shape index (κ2) is 6.62. The standard InChI is InChI=1S/C13H20N2O4S/c1-15(6-7-19-10-11-2-3-11)20(17,18)13-5-4-12(9-16)8-14-13/h4-5,8,11,16H,2-3,6-7,9-10H2,1H3. The number of aliphatic hydroxyl groups excluding tert-OH is 1. The summed E-state index contributed by atoms with van der Waals surface area (Å²) in [5, 5.41) is 8.90. The highest BCUT2D eigenvalue weighted by Gasteiger charge is 2.23. The second-order valence-electron chi connectivity index (χ2n) is 5.01. The highest BCUT2D eigenvalue weighted by atomic mass is 32.2. The molecular weight excluding hydrogens is 280 g/mol. The number of pyridine rings is 1. The van der Waals surface area contributed by atoms with Gasteiger partial charge in [-0.05, 0) is 30.4 Å². The normalized spacial score (nSPS) is 15.8. The summed E-state index contributed by atoms with van der Waals surface area (Å²) in [7, 11) is -2.08. The Bertz CT molecular complexity index is 526. The molecule has 7 heteroatoms. The molecule has 20 heavy (non-hydrogen) atoms. The van der Waals surface area contributed by atoms with Crippen LogP contribution in [-0.4, -0.2) is 49.6 Å². The van der Waals surface area contributed by atoms with Gasteiger partial charge in [-0.15, -0.1) is 0 Å². The SMILES string of the molecule is CN(CCOCC1CC1)S(=O)(=O)c1ccc(CO)cn1. The third-order valence-corrected chi connectivity index (χ3v) is 5.03. The molecule has 1 N–H and O–H groups in total. The Morgan fingerprint density at radius 2 is 2.20 bits per heavy atom. The van der Waals surface area contributed by atoms with Crippen molar-refractivity contribution in [3.05, 3.63) is 23.9 Å². The summed E-state index contributed by atoms with van der Waals surface area (Å²) in [6, 6.07) is 2.96. The van der Waals surface area contributed by atoms with Gasteiger partial charge < -0.3 is 9.84 Å². The lowest BCUT2D eigenvalue weighted by molar-refractivity contribution is 0.117. The molecule has 0 bridgehead atoms. The summed E-state index contributed by atoms with van der Waals surface area (Å²) in [6.07, 6.45) is 3.80. The van der Waals surface area contributed by atoms with Gasteiger partial charge in [-0.2, -0.15) is 4.31 Å². The van der Waals surface area contributed by atoms with Gasteiger partial charge in [0.2, 0.25) is 0 Å². The van der Waals surface area contributed by atoms with Gasteiger partial charge in [-0.25, -0.2) is 13.4 Å². The lowest BCUT2D eigenvalue weighted by Crippen LogP contribution is -2.31. The van der Waals surface area contributed by atoms with Crippen LogP contribution in [0, 0.1) is 5.92 Å². The number of rotatable bonds is 8. The van der Waals surface area contributed by atoms with E-state index < -0.39 is 10.0 Å². The van der Waals surface area contributed by atoms with E-state index in [0.29, 0.717) is 24.6 Å². The van der Waals surface area contributed by atoms with Crippen LogP contribution in [0.4, 0.5) is 0 Å². The molecule has 0 radical (unpaired) electrons. The molecule has 1 heterocycles. The van der Waals surface area contributed by atoms with E-state index in [4.69, 9.17) is 9.84 Å². The first kappa shape index (κ1) is 15.4. The van der Waals surface area contributed by atoms with Gasteiger partial charge in [0.15, 0.2) is 5.03 Å². The Hall–Kier alpha value is -1.02. The lowest BCUT2D eigenvalue weighted by Gasteiger charge is -2.16. The molecule has 1 aromatic rings. The predicted molar refractivity (Wildman–Crippen MR) is 73.5 cm³/mol. The van der Waals surface area contributed by atoms with Gasteiger partial charge in [0.1, 0.15) is 0 Å². The fourth-order valence-electron chi connectivity index (χ4n) is 1.66. The van der Waals surface area contributed by atoms with Gasteiger partial charge in [0.05, 0.1) is 13.2 Å². The van der Waals surface area contributed by atoms with Gasteiger partial charge in [-0.1, -0.05) is 6.07 Å². The van der Waals surface area contributed by atoms with E-state index in [0.717, 1.165) is 6.61 Å². The van der Waals surface area contributed by atoms with E-state index in [-0.39, 0.29) is 11.6 Å². The Morgan fingerprint density at radius 3 is 2.75 bits per heavy atom. The fraction of sp³-hybridized carbons (Fsp3) is 0.615. The number of aromatic nitrogens is 1. The van der Waals surface area contributed by atoms with E-state index in [1.54, 1.807) is 6.07 Å². The zero-order valence-electron chi connectivity index (χ0n) is 11.5. The molecule has 0 unspecified atom stereocenters. The molecule has 6 nitrogen and oxygen atoms in total. The highest BCUT2D eigenvalue weighted by molar-refractivity contribution is 7.89. The molecule has 1 fully saturated rings. The highest BCUT2D eigenvalue weighted by Crippen LogP contribution is 2.28. The minimum absolute atomic E-state index is 0.0145. The molecule has 0 amide bonds. The first-order valence-electron chi connectivity index (χ1n) is 6.64. The Labute approximate surface area is 119 Å². The number of likely N-dealkylation sites (N-methyl/N-ethyl adjacent to an activating group) is 1. The van der Waals surface area contributed by atoms with Crippen molar-refractivity contribution in [2.75, 3.05) is 26.8 Å². The Balaban J connectivity index is 1.89. The smallest absolute Gasteiger partial charge is 0.260 e. The molecule has 1 aromatic heterocycles. The van der Waals surface area contributed by atoms with E-state index >= 15 is 0 Å². The summed E-state index contributed by atoms with van der Waals surface area (Å²) in [5.41, 5.74) is 0.583. The monoisotopic (exact) mass is 300 g/mol. The number of nitrogens with zero attached hydrogens (tertiary/aromatic N) is 2. The van der Waals surface area contributed by atoms with Crippen LogP contribution in [0.1, 0.15) is 18.4 Å². The van der Waals surface area contributed by atoms with Crippen LogP contribution in [0.25, 0.3) is 0 Å². The topological polar surface area (TPSA) is 79.7 Å². The van der Waals surface area contributed by atoms with Crippen molar-refractivity contribution >= 4 is 10.0 Å². The van der Waals surface area contributed by atoms with Crippen LogP contribution in [0.2, 0.25) is 0 Å². The maximum Gasteiger partial charge on any atom is 0.260 e. The van der Waals surface area contributed by atoms with Gasteiger partial charge in [0.25, 0.3) is 10.0 Å². The van der Waals surface area contributed by atoms with Crippen LogP contribution < -0.4 is 0 Å². The van der Waals surface area contributed by atoms with Crippen molar-refractivity contribution < 1.29 is 18.3 Å². The number of ether oxygens (including phenoxy) is 1. The molecule has 2 rings (SSSR count). The van der Waals surface area contributed by atoms with Crippen molar-refractivity contribution in [3.8, 4) is 0 Å². The Morgan fingerprint density at radius 1 is 1.45 bits per heavy atom. The van der Waals surface area contributed by atoms with E-state index in [9.17, 15) is 8.42 Å². The van der Waals surface area contributed by atoms with Crippen molar-refractivity contribution in [3.63, 3.8) is 0 Å². The van der Waals surface area contributed by atoms with E-state index in [1.807, 2.05) is 0 Å². The summed E-state index contributed by atoms with van der Waals surface area (Å²) in [4.78, 5) is 3.88. The largest absolute Gasteiger partial charge is 0.392 e. The molecular formula is C13H20N2O4S. The average molecular weight is 300 g/mol. The van der Waals surface area contributed by atoms with Crippen molar-refractivity contribution in [1.29, 1.82) is 0 Å². The summed E-state index contributed by atoms with van der Waals surface area (Å²) in [5.74, 6) is 0.671. The van der Waals surface area contributed by atoms with E-state index in [1.165, 1.54) is 36.5 Å². The fourth-order valence-corrected chi connectivity index (χ4v) is 2.72. The minimum atomic E-state index is -3.59. The lowest BCUT2D eigenvalue weighted by atomic mass is 10.3. The van der Waals surface area contributed by atoms with Crippen molar-refractivity contribution in [2.45, 2.75) is 24.5 Å². The van der Waals surface area contributed by atoms with Gasteiger partial charge in [-0.3, -0.25) is 0 Å². The maximum atomic E-state index is 12.2. The number of aliphatic hydroxyl groups is 1. The van der Waals surface area contributed by atoms with Crippen LogP contribution in [0.3, 0.4) is 0 Å². The average Bonchev–Trinajstić information content (AvgIpc) is 3.27. The van der Waals surface area contributed by atoms with Crippen molar-refractivity contribution in [2.24, 2.45) is 5.92 Å². The second-order valence-corrected chi connectivity index (χ2v) is 7.00. The summed E-state index contributed by atoms with van der Waals surface area (Å²) in [6.45, 7) is 1.26. The van der Waals surface area contributed by atoms with E-state index in [2.05, 4.69) is 4.98 Å². The Kier molecular flexibility index (Phi) is 5.09. The maximum absolute atomic E-state index is 12.2. The van der Waals surface area contributed by atoms with Crippen LogP contribution in [-0.2, 0) is 21.4 Å². The number of hydrogen-bond acceptors (Lipinski definition) is 5. The quantitative estimate of drug-likeness (QED) is 0.712. The third-order valence-electron chi connectivity index (χ3n) is 3.26. The number of sulfonamides is 1. The van der Waals surface area contributed by atoms with Gasteiger partial charge >= 0.3 is 0 Å². The zero-order chi connectivity index (χ0) is 14.6. The van der Waals surface area contributed by atoms with Crippen LogP contribution in [0.15, 0.2) is 23.4 Å². The predicted octanol–water partition coefficient (Wildman–Crippen LogP) is 0.621. The van der Waals surface area contributed by atoms with Crippen LogP contribution in [0.5, 0.6) is 0 Å². The molecule has 0 aliphatic heterocycles. The summed E-state index contributed by atoms with van der Waals surface area (Å²) >= 11 is 0. The van der Waals surface area contributed by atoms with Crippen LogP contribution >= 0.6 is 0 Å². The summed E-state index contributed by atoms with van der Waals surface area (Å²) < 4.78 is 31.1. The molecule has 0 atom stereocenters. The molecule has 1 saturated carbocycles. The molecule has 0 aromatic carbocycles. The van der Waals surface area contributed by atoms with Crippen molar-refractivity contribution in [1.82, 2.24) is 9.29 Å². The minimum Gasteiger partial charge on any atom is -0.392 e. The molecule has 0 spiro atoms. The molecule has 112 valence electrons. The first-order chi connectivity index (χ1) is 9.54. The molecule has 1 aliphatic carbocycles. The number of hydrogen-bond donors (Lipinski definition) is 1. The first-order valence-corrected chi connectivity index (χ1v) is 8.08. The zero-order valence-corrected chi connectivity index (χ0v) is 12.3. The molecule has 0 saturated heterocycles. The third kappa shape index (κ3) is 3.99.